The van der Waals surface area contributed by atoms with E-state index in [1.54, 1.807) is 0 Å². The SMILES string of the molecule is O=C([O-])CCCCCS(=O)(=O)[O-]. The zero-order valence-corrected chi connectivity index (χ0v) is 7.30. The van der Waals surface area contributed by atoms with Gasteiger partial charge >= 0.3 is 0 Å². The number of carboxylic acids is 1. The van der Waals surface area contributed by atoms with Crippen molar-refractivity contribution < 1.29 is 22.9 Å². The van der Waals surface area contributed by atoms with Crippen molar-refractivity contribution in [3.8, 4) is 0 Å². The van der Waals surface area contributed by atoms with Crippen LogP contribution in [0, 0.1) is 0 Å². The normalized spacial score (nSPS) is 11.4. The summed E-state index contributed by atoms with van der Waals surface area (Å²) in [6.07, 6.45) is 0.922. The number of carbonyl (C=O) groups excluding carboxylic acids is 1. The van der Waals surface area contributed by atoms with Crippen molar-refractivity contribution in [3.05, 3.63) is 0 Å². The molecule has 0 saturated carbocycles. The fourth-order valence-corrected chi connectivity index (χ4v) is 1.28. The molecule has 0 amide bonds. The Bertz CT molecular complexity index is 230. The molecular weight excluding hydrogens is 184 g/mol. The molecule has 0 unspecified atom stereocenters. The van der Waals surface area contributed by atoms with E-state index in [-0.39, 0.29) is 12.8 Å². The summed E-state index contributed by atoms with van der Waals surface area (Å²) in [6, 6.07) is 0. The van der Waals surface area contributed by atoms with Crippen molar-refractivity contribution in [2.45, 2.75) is 25.7 Å². The zero-order chi connectivity index (χ0) is 9.61. The van der Waals surface area contributed by atoms with Gasteiger partial charge in [-0.15, -0.1) is 0 Å². The lowest BCUT2D eigenvalue weighted by Crippen LogP contribution is -2.21. The second-order valence-corrected chi connectivity index (χ2v) is 3.97. The van der Waals surface area contributed by atoms with E-state index >= 15 is 0 Å². The molecule has 0 saturated heterocycles. The van der Waals surface area contributed by atoms with E-state index in [1.807, 2.05) is 0 Å². The molecule has 5 nitrogen and oxygen atoms in total. The zero-order valence-electron chi connectivity index (χ0n) is 6.49. The van der Waals surface area contributed by atoms with Crippen LogP contribution in [0.15, 0.2) is 0 Å². The van der Waals surface area contributed by atoms with E-state index in [4.69, 9.17) is 0 Å². The molecule has 6 heteroatoms. The van der Waals surface area contributed by atoms with Gasteiger partial charge in [0.2, 0.25) is 0 Å². The molecule has 0 aromatic carbocycles. The van der Waals surface area contributed by atoms with Crippen molar-refractivity contribution in [3.63, 3.8) is 0 Å². The van der Waals surface area contributed by atoms with Crippen LogP contribution in [0.3, 0.4) is 0 Å². The second kappa shape index (κ2) is 5.10. The molecule has 0 rings (SSSR count). The largest absolute Gasteiger partial charge is 0.748 e. The smallest absolute Gasteiger partial charge is 0.0945 e. The molecule has 0 aliphatic rings. The van der Waals surface area contributed by atoms with Gasteiger partial charge in [-0.3, -0.25) is 0 Å². The maximum Gasteiger partial charge on any atom is 0.0945 e. The van der Waals surface area contributed by atoms with Crippen molar-refractivity contribution in [1.29, 1.82) is 0 Å². The van der Waals surface area contributed by atoms with E-state index in [0.29, 0.717) is 12.8 Å². The molecule has 72 valence electrons. The van der Waals surface area contributed by atoms with Crippen LogP contribution in [0.5, 0.6) is 0 Å². The highest BCUT2D eigenvalue weighted by Crippen LogP contribution is 2.00. The fraction of sp³-hybridized carbons (Fsp3) is 0.833. The van der Waals surface area contributed by atoms with Crippen molar-refractivity contribution in [2.75, 3.05) is 5.75 Å². The monoisotopic (exact) mass is 194 g/mol. The van der Waals surface area contributed by atoms with E-state index in [0.717, 1.165) is 0 Å². The highest BCUT2D eigenvalue weighted by atomic mass is 32.2. The van der Waals surface area contributed by atoms with Gasteiger partial charge in [0.15, 0.2) is 0 Å². The maximum atomic E-state index is 10.0. The van der Waals surface area contributed by atoms with Crippen molar-refractivity contribution >= 4 is 16.1 Å². The molecule has 0 spiro atoms. The Hall–Kier alpha value is -0.620. The molecule has 12 heavy (non-hydrogen) atoms. The first kappa shape index (κ1) is 11.4. The first-order chi connectivity index (χ1) is 5.42. The van der Waals surface area contributed by atoms with Crippen LogP contribution in [0.2, 0.25) is 0 Å². The molecule has 0 radical (unpaired) electrons. The van der Waals surface area contributed by atoms with Gasteiger partial charge in [0.25, 0.3) is 0 Å². The minimum atomic E-state index is -4.14. The summed E-state index contributed by atoms with van der Waals surface area (Å²) >= 11 is 0. The lowest BCUT2D eigenvalue weighted by molar-refractivity contribution is -0.305. The summed E-state index contributed by atoms with van der Waals surface area (Å²) < 4.78 is 30.1. The Balaban J connectivity index is 3.29. The predicted octanol–water partition coefficient (Wildman–Crippen LogP) is -1.16. The van der Waals surface area contributed by atoms with Crippen LogP contribution < -0.4 is 5.11 Å². The molecule has 0 heterocycles. The summed E-state index contributed by atoms with van der Waals surface area (Å²) in [5.74, 6) is -1.57. The molecule has 0 aliphatic heterocycles. The Kier molecular flexibility index (Phi) is 4.84. The van der Waals surface area contributed by atoms with Crippen LogP contribution in [0.4, 0.5) is 0 Å². The highest BCUT2D eigenvalue weighted by Gasteiger charge is 1.95. The number of carbonyl (C=O) groups is 1. The lowest BCUT2D eigenvalue weighted by atomic mass is 10.2. The number of rotatable bonds is 6. The first-order valence-corrected chi connectivity index (χ1v) is 5.13. The highest BCUT2D eigenvalue weighted by molar-refractivity contribution is 7.85. The number of aliphatic carboxylic acids is 1. The summed E-state index contributed by atoms with van der Waals surface area (Å²) in [5, 5.41) is 9.87. The number of hydrogen-bond donors (Lipinski definition) is 0. The summed E-state index contributed by atoms with van der Waals surface area (Å²) in [4.78, 5) is 9.87. The van der Waals surface area contributed by atoms with Gasteiger partial charge in [-0.1, -0.05) is 6.42 Å². The van der Waals surface area contributed by atoms with E-state index in [9.17, 15) is 22.9 Å². The molecule has 0 N–H and O–H groups in total. The lowest BCUT2D eigenvalue weighted by Gasteiger charge is -2.05. The molecule has 0 aromatic heterocycles. The molecule has 0 aliphatic carbocycles. The number of hydrogen-bond acceptors (Lipinski definition) is 5. The minimum Gasteiger partial charge on any atom is -0.748 e. The van der Waals surface area contributed by atoms with Gasteiger partial charge in [-0.25, -0.2) is 8.42 Å². The standard InChI is InChI=1S/C6H12O5S/c7-6(8)4-2-1-3-5-12(9,10)11/h1-5H2,(H,7,8)(H,9,10,11)/p-2. The molecule has 0 bridgehead atoms. The predicted molar refractivity (Wildman–Crippen MR) is 38.0 cm³/mol. The van der Waals surface area contributed by atoms with Crippen LogP contribution >= 0.6 is 0 Å². The number of unbranched alkanes of at least 4 members (excludes halogenated alkanes) is 2. The van der Waals surface area contributed by atoms with E-state index < -0.39 is 21.8 Å². The first-order valence-electron chi connectivity index (χ1n) is 3.55. The maximum absolute atomic E-state index is 10.0. The topological polar surface area (TPSA) is 97.3 Å². The van der Waals surface area contributed by atoms with E-state index in [1.165, 1.54) is 0 Å². The van der Waals surface area contributed by atoms with Crippen LogP contribution in [0.25, 0.3) is 0 Å². The van der Waals surface area contributed by atoms with Crippen LogP contribution in [-0.4, -0.2) is 24.7 Å². The van der Waals surface area contributed by atoms with Crippen LogP contribution in [-0.2, 0) is 14.9 Å². The Labute approximate surface area is 71.1 Å². The van der Waals surface area contributed by atoms with Gasteiger partial charge in [-0.05, 0) is 19.3 Å². The van der Waals surface area contributed by atoms with E-state index in [2.05, 4.69) is 0 Å². The summed E-state index contributed by atoms with van der Waals surface area (Å²) in [5.41, 5.74) is 0. The average molecular weight is 194 g/mol. The van der Waals surface area contributed by atoms with Gasteiger partial charge in [0, 0.05) is 11.7 Å². The Morgan fingerprint density at radius 3 is 2.17 bits per heavy atom. The summed E-state index contributed by atoms with van der Waals surface area (Å²) in [7, 11) is -4.14. The third-order valence-electron chi connectivity index (χ3n) is 1.28. The summed E-state index contributed by atoms with van der Waals surface area (Å²) in [6.45, 7) is 0. The second-order valence-electron chi connectivity index (χ2n) is 2.44. The minimum absolute atomic E-state index is 0.0844. The van der Waals surface area contributed by atoms with Crippen molar-refractivity contribution in [1.82, 2.24) is 0 Å². The molecule has 0 aromatic rings. The number of carboxylic acid groups (broad SMARTS) is 1. The quantitative estimate of drug-likeness (QED) is 0.392. The fourth-order valence-electron chi connectivity index (χ4n) is 0.725. The van der Waals surface area contributed by atoms with Gasteiger partial charge in [0.05, 0.1) is 10.1 Å². The van der Waals surface area contributed by atoms with Crippen molar-refractivity contribution in [2.24, 2.45) is 0 Å². The third-order valence-corrected chi connectivity index (χ3v) is 2.06. The molecule has 0 atom stereocenters. The van der Waals surface area contributed by atoms with Gasteiger partial charge < -0.3 is 14.5 Å². The van der Waals surface area contributed by atoms with Gasteiger partial charge in [-0.2, -0.15) is 0 Å². The molecule has 0 fully saturated rings. The van der Waals surface area contributed by atoms with Crippen LogP contribution in [0.1, 0.15) is 25.7 Å². The average Bonchev–Trinajstić information content (AvgIpc) is 1.83. The Morgan fingerprint density at radius 2 is 1.75 bits per heavy atom. The van der Waals surface area contributed by atoms with Gasteiger partial charge in [0.1, 0.15) is 0 Å². The Morgan fingerprint density at radius 1 is 1.17 bits per heavy atom. The molecular formula is C6H10O5S-2. The third kappa shape index (κ3) is 9.38.